The molecule has 0 amide bonds. The van der Waals surface area contributed by atoms with Gasteiger partial charge >= 0.3 is 0 Å². The first-order valence-electron chi connectivity index (χ1n) is 5.66. The molecule has 1 unspecified atom stereocenters. The summed E-state index contributed by atoms with van der Waals surface area (Å²) >= 11 is 0. The first-order chi connectivity index (χ1) is 7.87. The molecule has 0 heterocycles. The lowest BCUT2D eigenvalue weighted by atomic mass is 10.1. The third kappa shape index (κ3) is 3.82. The summed E-state index contributed by atoms with van der Waals surface area (Å²) < 4.78 is 17.5. The Labute approximate surface area is 106 Å². The normalized spacial score (nSPS) is 13.6. The SMILES string of the molecule is COC(C)(C)CCS(=O)c1cccc(N)c1C. The van der Waals surface area contributed by atoms with E-state index >= 15 is 0 Å². The number of nitrogens with two attached hydrogens (primary N) is 1. The van der Waals surface area contributed by atoms with Crippen LogP contribution in [0, 0.1) is 6.92 Å². The molecule has 17 heavy (non-hydrogen) atoms. The summed E-state index contributed by atoms with van der Waals surface area (Å²) in [4.78, 5) is 0.830. The van der Waals surface area contributed by atoms with Gasteiger partial charge in [0.05, 0.1) is 16.4 Å². The Hall–Kier alpha value is -0.870. The van der Waals surface area contributed by atoms with Crippen LogP contribution >= 0.6 is 0 Å². The van der Waals surface area contributed by atoms with Crippen LogP contribution in [0.25, 0.3) is 0 Å². The maximum atomic E-state index is 12.2. The zero-order valence-electron chi connectivity index (χ0n) is 10.9. The average Bonchev–Trinajstić information content (AvgIpc) is 2.30. The second-order valence-electron chi connectivity index (χ2n) is 4.73. The van der Waals surface area contributed by atoms with Crippen LogP contribution in [0.2, 0.25) is 0 Å². The molecule has 1 atom stereocenters. The van der Waals surface area contributed by atoms with Gasteiger partial charge < -0.3 is 10.5 Å². The number of nitrogen functional groups attached to an aromatic ring is 1. The third-order valence-electron chi connectivity index (χ3n) is 3.01. The minimum atomic E-state index is -1.01. The summed E-state index contributed by atoms with van der Waals surface area (Å²) in [5, 5.41) is 0. The molecule has 0 aromatic heterocycles. The van der Waals surface area contributed by atoms with Crippen LogP contribution in [0.15, 0.2) is 23.1 Å². The molecule has 3 nitrogen and oxygen atoms in total. The summed E-state index contributed by atoms with van der Waals surface area (Å²) in [5.74, 6) is 0.588. The molecule has 0 aliphatic carbocycles. The van der Waals surface area contributed by atoms with E-state index < -0.39 is 10.8 Å². The molecular weight excluding hydrogens is 234 g/mol. The molecule has 0 saturated carbocycles. The maximum Gasteiger partial charge on any atom is 0.0631 e. The molecule has 2 N–H and O–H groups in total. The highest BCUT2D eigenvalue weighted by atomic mass is 32.2. The summed E-state index contributed by atoms with van der Waals surface area (Å²) in [5.41, 5.74) is 7.19. The van der Waals surface area contributed by atoms with Gasteiger partial charge in [0.15, 0.2) is 0 Å². The van der Waals surface area contributed by atoms with Gasteiger partial charge in [0.1, 0.15) is 0 Å². The molecule has 0 aliphatic rings. The Kier molecular flexibility index (Phi) is 4.71. The standard InChI is InChI=1S/C13H21NO2S/c1-10-11(14)6-5-7-12(10)17(15)9-8-13(2,3)16-4/h5-7H,8-9,14H2,1-4H3. The fourth-order valence-corrected chi connectivity index (χ4v) is 3.02. The van der Waals surface area contributed by atoms with Crippen molar-refractivity contribution in [2.24, 2.45) is 0 Å². The number of methoxy groups -OCH3 is 1. The Balaban J connectivity index is 2.74. The van der Waals surface area contributed by atoms with Crippen LogP contribution in [0.1, 0.15) is 25.8 Å². The van der Waals surface area contributed by atoms with E-state index in [4.69, 9.17) is 10.5 Å². The number of hydrogen-bond donors (Lipinski definition) is 1. The minimum Gasteiger partial charge on any atom is -0.398 e. The van der Waals surface area contributed by atoms with E-state index in [9.17, 15) is 4.21 Å². The van der Waals surface area contributed by atoms with Crippen molar-refractivity contribution in [3.05, 3.63) is 23.8 Å². The zero-order chi connectivity index (χ0) is 13.1. The van der Waals surface area contributed by atoms with E-state index in [-0.39, 0.29) is 5.60 Å². The Morgan fingerprint density at radius 1 is 1.41 bits per heavy atom. The fraction of sp³-hybridized carbons (Fsp3) is 0.538. The Bertz CT molecular complexity index is 416. The molecule has 1 aromatic carbocycles. The molecule has 0 aliphatic heterocycles. The first kappa shape index (κ1) is 14.2. The van der Waals surface area contributed by atoms with Crippen LogP contribution in [-0.4, -0.2) is 22.7 Å². The van der Waals surface area contributed by atoms with Gasteiger partial charge in [-0.3, -0.25) is 4.21 Å². The third-order valence-corrected chi connectivity index (χ3v) is 4.52. The summed E-state index contributed by atoms with van der Waals surface area (Å²) in [6.07, 6.45) is 0.754. The van der Waals surface area contributed by atoms with Crippen molar-refractivity contribution in [1.29, 1.82) is 0 Å². The van der Waals surface area contributed by atoms with E-state index in [1.54, 1.807) is 7.11 Å². The topological polar surface area (TPSA) is 52.3 Å². The van der Waals surface area contributed by atoms with E-state index in [0.717, 1.165) is 16.9 Å². The summed E-state index contributed by atoms with van der Waals surface area (Å²) in [6.45, 7) is 5.90. The highest BCUT2D eigenvalue weighted by Crippen LogP contribution is 2.21. The molecule has 1 aromatic rings. The smallest absolute Gasteiger partial charge is 0.0631 e. The number of hydrogen-bond acceptors (Lipinski definition) is 3. The minimum absolute atomic E-state index is 0.232. The van der Waals surface area contributed by atoms with Crippen LogP contribution in [0.5, 0.6) is 0 Å². The van der Waals surface area contributed by atoms with E-state index in [2.05, 4.69) is 0 Å². The van der Waals surface area contributed by atoms with E-state index in [1.165, 1.54) is 0 Å². The van der Waals surface area contributed by atoms with Crippen molar-refractivity contribution in [3.63, 3.8) is 0 Å². The van der Waals surface area contributed by atoms with E-state index in [1.807, 2.05) is 39.0 Å². The van der Waals surface area contributed by atoms with Gasteiger partial charge in [-0.1, -0.05) is 6.07 Å². The van der Waals surface area contributed by atoms with Gasteiger partial charge in [-0.25, -0.2) is 0 Å². The van der Waals surface area contributed by atoms with Gasteiger partial charge in [-0.05, 0) is 44.9 Å². The van der Waals surface area contributed by atoms with Crippen LogP contribution in [0.3, 0.4) is 0 Å². The van der Waals surface area contributed by atoms with Crippen molar-refractivity contribution in [1.82, 2.24) is 0 Å². The molecule has 0 spiro atoms. The van der Waals surface area contributed by atoms with Gasteiger partial charge in [0.25, 0.3) is 0 Å². The lowest BCUT2D eigenvalue weighted by Gasteiger charge is -2.22. The Morgan fingerprint density at radius 3 is 2.65 bits per heavy atom. The Morgan fingerprint density at radius 2 is 2.06 bits per heavy atom. The summed E-state index contributed by atoms with van der Waals surface area (Å²) in [7, 11) is 0.662. The summed E-state index contributed by atoms with van der Waals surface area (Å²) in [6, 6.07) is 5.55. The van der Waals surface area contributed by atoms with Crippen LogP contribution in [-0.2, 0) is 15.5 Å². The number of benzene rings is 1. The fourth-order valence-electron chi connectivity index (χ4n) is 1.43. The quantitative estimate of drug-likeness (QED) is 0.822. The van der Waals surface area contributed by atoms with Crippen molar-refractivity contribution >= 4 is 16.5 Å². The van der Waals surface area contributed by atoms with Gasteiger partial charge in [-0.2, -0.15) is 0 Å². The lowest BCUT2D eigenvalue weighted by Crippen LogP contribution is -2.25. The molecular formula is C13H21NO2S. The number of anilines is 1. The molecule has 96 valence electrons. The van der Waals surface area contributed by atoms with Crippen molar-refractivity contribution in [2.45, 2.75) is 37.7 Å². The van der Waals surface area contributed by atoms with Crippen LogP contribution < -0.4 is 5.73 Å². The zero-order valence-corrected chi connectivity index (χ0v) is 11.8. The lowest BCUT2D eigenvalue weighted by molar-refractivity contribution is 0.0205. The first-order valence-corrected chi connectivity index (χ1v) is 6.98. The second-order valence-corrected chi connectivity index (χ2v) is 6.27. The molecule has 0 fully saturated rings. The van der Waals surface area contributed by atoms with Crippen molar-refractivity contribution in [3.8, 4) is 0 Å². The van der Waals surface area contributed by atoms with Crippen LogP contribution in [0.4, 0.5) is 5.69 Å². The van der Waals surface area contributed by atoms with Gasteiger partial charge in [-0.15, -0.1) is 0 Å². The second kappa shape index (κ2) is 5.65. The van der Waals surface area contributed by atoms with E-state index in [0.29, 0.717) is 11.4 Å². The molecule has 4 heteroatoms. The monoisotopic (exact) mass is 255 g/mol. The predicted molar refractivity (Wildman–Crippen MR) is 72.6 cm³/mol. The molecule has 0 saturated heterocycles. The molecule has 1 rings (SSSR count). The average molecular weight is 255 g/mol. The molecule has 0 radical (unpaired) electrons. The van der Waals surface area contributed by atoms with Crippen molar-refractivity contribution < 1.29 is 8.95 Å². The predicted octanol–water partition coefficient (Wildman–Crippen LogP) is 2.50. The maximum absolute atomic E-state index is 12.2. The largest absolute Gasteiger partial charge is 0.398 e. The number of rotatable bonds is 5. The van der Waals surface area contributed by atoms with Crippen molar-refractivity contribution in [2.75, 3.05) is 18.6 Å². The highest BCUT2D eigenvalue weighted by Gasteiger charge is 2.18. The molecule has 0 bridgehead atoms. The van der Waals surface area contributed by atoms with Gasteiger partial charge in [0, 0.05) is 23.4 Å². The number of ether oxygens (including phenoxy) is 1. The highest BCUT2D eigenvalue weighted by molar-refractivity contribution is 7.85. The van der Waals surface area contributed by atoms with Gasteiger partial charge in [0.2, 0.25) is 0 Å².